The van der Waals surface area contributed by atoms with Crippen LogP contribution in [-0.4, -0.2) is 20.5 Å². The number of benzene rings is 1. The standard InChI is InChI=1S/C18H20N4O2/c1-11(2)14-6-4-13(5-7-14)9-19-17(23)15-8-16-18(24)20-12(3)10-22(16)21-15/h4-8,10-11H,9H2,1-3H3,(H,19,23)(H,20,24). The van der Waals surface area contributed by atoms with Gasteiger partial charge in [0.25, 0.3) is 11.5 Å². The molecule has 2 N–H and O–H groups in total. The lowest BCUT2D eigenvalue weighted by molar-refractivity contribution is 0.0945. The van der Waals surface area contributed by atoms with Gasteiger partial charge in [0.15, 0.2) is 5.69 Å². The summed E-state index contributed by atoms with van der Waals surface area (Å²) in [5.74, 6) is 0.178. The van der Waals surface area contributed by atoms with Gasteiger partial charge in [-0.1, -0.05) is 38.1 Å². The molecule has 3 aromatic rings. The van der Waals surface area contributed by atoms with Crippen LogP contribution >= 0.6 is 0 Å². The van der Waals surface area contributed by atoms with Gasteiger partial charge in [-0.05, 0) is 24.0 Å². The number of carbonyl (C=O) groups excluding carboxylic acids is 1. The molecule has 24 heavy (non-hydrogen) atoms. The van der Waals surface area contributed by atoms with Crippen molar-refractivity contribution in [1.29, 1.82) is 0 Å². The molecule has 0 aliphatic rings. The number of nitrogens with zero attached hydrogens (tertiary/aromatic N) is 2. The Morgan fingerprint density at radius 3 is 2.67 bits per heavy atom. The summed E-state index contributed by atoms with van der Waals surface area (Å²) >= 11 is 0. The number of fused-ring (bicyclic) bond motifs is 1. The topological polar surface area (TPSA) is 79.3 Å². The molecule has 2 heterocycles. The minimum Gasteiger partial charge on any atom is -0.347 e. The van der Waals surface area contributed by atoms with Crippen LogP contribution in [0.1, 0.15) is 47.1 Å². The maximum absolute atomic E-state index is 12.3. The lowest BCUT2D eigenvalue weighted by Gasteiger charge is -2.07. The van der Waals surface area contributed by atoms with E-state index in [9.17, 15) is 9.59 Å². The maximum atomic E-state index is 12.3. The molecule has 6 nitrogen and oxygen atoms in total. The summed E-state index contributed by atoms with van der Waals surface area (Å²) in [6.07, 6.45) is 1.68. The van der Waals surface area contributed by atoms with Crippen LogP contribution in [-0.2, 0) is 6.54 Å². The van der Waals surface area contributed by atoms with Gasteiger partial charge in [0.2, 0.25) is 0 Å². The van der Waals surface area contributed by atoms with Crippen molar-refractivity contribution in [2.75, 3.05) is 0 Å². The van der Waals surface area contributed by atoms with Crippen LogP contribution in [0.2, 0.25) is 0 Å². The highest BCUT2D eigenvalue weighted by Crippen LogP contribution is 2.14. The van der Waals surface area contributed by atoms with E-state index in [1.165, 1.54) is 16.1 Å². The van der Waals surface area contributed by atoms with Gasteiger partial charge in [0, 0.05) is 24.5 Å². The molecular weight excluding hydrogens is 304 g/mol. The molecule has 2 aromatic heterocycles. The number of hydrogen-bond acceptors (Lipinski definition) is 3. The van der Waals surface area contributed by atoms with Crippen molar-refractivity contribution < 1.29 is 4.79 Å². The molecule has 0 fully saturated rings. The number of nitrogens with one attached hydrogen (secondary N) is 2. The van der Waals surface area contributed by atoms with E-state index in [0.29, 0.717) is 23.7 Å². The van der Waals surface area contributed by atoms with Crippen molar-refractivity contribution in [2.45, 2.75) is 33.2 Å². The Hall–Kier alpha value is -2.89. The average Bonchev–Trinajstić information content (AvgIpc) is 2.97. The SMILES string of the molecule is Cc1cn2nc(C(=O)NCc3ccc(C(C)C)cc3)cc2c(=O)[nH]1. The van der Waals surface area contributed by atoms with Gasteiger partial charge in [-0.25, -0.2) is 4.52 Å². The van der Waals surface area contributed by atoms with Crippen molar-refractivity contribution in [3.63, 3.8) is 0 Å². The molecule has 1 amide bonds. The predicted molar refractivity (Wildman–Crippen MR) is 92.3 cm³/mol. The number of carbonyl (C=O) groups is 1. The van der Waals surface area contributed by atoms with Crippen LogP contribution in [0.25, 0.3) is 5.52 Å². The average molecular weight is 324 g/mol. The molecule has 0 spiro atoms. The second kappa shape index (κ2) is 6.31. The Bertz CT molecular complexity index is 936. The van der Waals surface area contributed by atoms with Gasteiger partial charge < -0.3 is 10.3 Å². The Labute approximate surface area is 139 Å². The van der Waals surface area contributed by atoms with Gasteiger partial charge in [0.1, 0.15) is 5.52 Å². The number of aryl methyl sites for hydroxylation is 1. The van der Waals surface area contributed by atoms with Gasteiger partial charge in [-0.15, -0.1) is 0 Å². The largest absolute Gasteiger partial charge is 0.347 e. The number of aromatic nitrogens is 3. The molecule has 1 aromatic carbocycles. The Morgan fingerprint density at radius 1 is 1.29 bits per heavy atom. The van der Waals surface area contributed by atoms with Gasteiger partial charge in [0.05, 0.1) is 0 Å². The predicted octanol–water partition coefficient (Wildman–Crippen LogP) is 2.38. The number of hydrogen-bond donors (Lipinski definition) is 2. The first kappa shape index (κ1) is 16.0. The Morgan fingerprint density at radius 2 is 2.00 bits per heavy atom. The summed E-state index contributed by atoms with van der Waals surface area (Å²) < 4.78 is 1.43. The normalized spacial score (nSPS) is 11.2. The second-order valence-corrected chi connectivity index (χ2v) is 6.20. The molecule has 0 aliphatic heterocycles. The van der Waals surface area contributed by atoms with Crippen molar-refractivity contribution >= 4 is 11.4 Å². The van der Waals surface area contributed by atoms with Crippen molar-refractivity contribution in [3.05, 3.63) is 69.4 Å². The highest BCUT2D eigenvalue weighted by molar-refractivity contribution is 5.93. The van der Waals surface area contributed by atoms with E-state index in [0.717, 1.165) is 5.56 Å². The maximum Gasteiger partial charge on any atom is 0.274 e. The summed E-state index contributed by atoms with van der Waals surface area (Å²) in [4.78, 5) is 26.8. The Balaban J connectivity index is 1.73. The monoisotopic (exact) mass is 324 g/mol. The number of aromatic amines is 1. The Kier molecular flexibility index (Phi) is 4.20. The molecule has 0 radical (unpaired) electrons. The van der Waals surface area contributed by atoms with Crippen molar-refractivity contribution in [1.82, 2.24) is 19.9 Å². The minimum absolute atomic E-state index is 0.227. The fourth-order valence-electron chi connectivity index (χ4n) is 2.53. The van der Waals surface area contributed by atoms with Crippen LogP contribution in [0, 0.1) is 6.92 Å². The number of rotatable bonds is 4. The lowest BCUT2D eigenvalue weighted by atomic mass is 10.0. The van der Waals surface area contributed by atoms with E-state index >= 15 is 0 Å². The molecule has 124 valence electrons. The van der Waals surface area contributed by atoms with E-state index in [2.05, 4.69) is 41.4 Å². The fourth-order valence-corrected chi connectivity index (χ4v) is 2.53. The van der Waals surface area contributed by atoms with E-state index in [-0.39, 0.29) is 17.2 Å². The summed E-state index contributed by atoms with van der Waals surface area (Å²) in [6.45, 7) is 6.47. The zero-order valence-corrected chi connectivity index (χ0v) is 14.0. The molecule has 6 heteroatoms. The second-order valence-electron chi connectivity index (χ2n) is 6.20. The molecule has 0 saturated heterocycles. The summed E-state index contributed by atoms with van der Waals surface area (Å²) in [5.41, 5.74) is 3.29. The first-order valence-corrected chi connectivity index (χ1v) is 7.90. The van der Waals surface area contributed by atoms with Crippen LogP contribution in [0.3, 0.4) is 0 Å². The molecule has 0 bridgehead atoms. The molecule has 0 atom stereocenters. The zero-order valence-electron chi connectivity index (χ0n) is 14.0. The summed E-state index contributed by atoms with van der Waals surface area (Å²) in [5, 5.41) is 7.00. The van der Waals surface area contributed by atoms with Crippen LogP contribution < -0.4 is 10.9 Å². The minimum atomic E-state index is -0.302. The van der Waals surface area contributed by atoms with Gasteiger partial charge >= 0.3 is 0 Å². The van der Waals surface area contributed by atoms with Crippen molar-refractivity contribution in [2.24, 2.45) is 0 Å². The third kappa shape index (κ3) is 3.22. The molecule has 3 rings (SSSR count). The van der Waals surface area contributed by atoms with E-state index in [1.54, 1.807) is 13.1 Å². The quantitative estimate of drug-likeness (QED) is 0.773. The fraction of sp³-hybridized carbons (Fsp3) is 0.278. The molecule has 0 unspecified atom stereocenters. The summed E-state index contributed by atoms with van der Waals surface area (Å²) in [6, 6.07) is 9.65. The smallest absolute Gasteiger partial charge is 0.274 e. The van der Waals surface area contributed by atoms with E-state index in [4.69, 9.17) is 0 Å². The summed E-state index contributed by atoms with van der Waals surface area (Å²) in [7, 11) is 0. The van der Waals surface area contributed by atoms with Crippen LogP contribution in [0.5, 0.6) is 0 Å². The third-order valence-corrected chi connectivity index (χ3v) is 3.93. The number of amides is 1. The van der Waals surface area contributed by atoms with Crippen LogP contribution in [0.15, 0.2) is 41.3 Å². The van der Waals surface area contributed by atoms with E-state index in [1.807, 2.05) is 12.1 Å². The number of H-pyrrole nitrogens is 1. The third-order valence-electron chi connectivity index (χ3n) is 3.93. The van der Waals surface area contributed by atoms with Crippen LogP contribution in [0.4, 0.5) is 0 Å². The molecular formula is C18H20N4O2. The van der Waals surface area contributed by atoms with Gasteiger partial charge in [-0.2, -0.15) is 5.10 Å². The van der Waals surface area contributed by atoms with E-state index < -0.39 is 0 Å². The molecule has 0 aliphatic carbocycles. The molecule has 0 saturated carbocycles. The first-order valence-electron chi connectivity index (χ1n) is 7.90. The lowest BCUT2D eigenvalue weighted by Crippen LogP contribution is -2.23. The highest BCUT2D eigenvalue weighted by atomic mass is 16.2. The van der Waals surface area contributed by atoms with Gasteiger partial charge in [-0.3, -0.25) is 9.59 Å². The zero-order chi connectivity index (χ0) is 17.3. The first-order chi connectivity index (χ1) is 11.4. The van der Waals surface area contributed by atoms with Crippen molar-refractivity contribution in [3.8, 4) is 0 Å². The highest BCUT2D eigenvalue weighted by Gasteiger charge is 2.12.